The van der Waals surface area contributed by atoms with Crippen LogP contribution in [0.15, 0.2) is 0 Å². The predicted molar refractivity (Wildman–Crippen MR) is 40.5 cm³/mol. The lowest BCUT2D eigenvalue weighted by Crippen LogP contribution is -2.07. The molecule has 0 aromatic carbocycles. The van der Waals surface area contributed by atoms with Gasteiger partial charge in [-0.2, -0.15) is 0 Å². The zero-order chi connectivity index (χ0) is 6.24. The fraction of sp³-hybridized carbons (Fsp3) is 1.00. The van der Waals surface area contributed by atoms with E-state index in [-0.39, 0.29) is 0 Å². The lowest BCUT2D eigenvalue weighted by atomic mass is 10.3. The molecule has 0 amide bonds. The summed E-state index contributed by atoms with van der Waals surface area (Å²) in [5.74, 6) is 0. The molecular weight excluding hydrogens is 119 g/mol. The molecule has 0 aliphatic carbocycles. The minimum absolute atomic E-state index is 0.641. The quantitative estimate of drug-likeness (QED) is 0.425. The fourth-order valence-corrected chi connectivity index (χ4v) is 0.983. The zero-order valence-electron chi connectivity index (χ0n) is 5.41. The molecule has 3 heteroatoms. The van der Waals surface area contributed by atoms with Crippen LogP contribution in [-0.4, -0.2) is 19.8 Å². The molecule has 0 aliphatic heterocycles. The summed E-state index contributed by atoms with van der Waals surface area (Å²) < 4.78 is 0. The van der Waals surface area contributed by atoms with Gasteiger partial charge in [0.15, 0.2) is 0 Å². The summed E-state index contributed by atoms with van der Waals surface area (Å²) >= 11 is 0. The Balaban J connectivity index is 2.53. The van der Waals surface area contributed by atoms with Gasteiger partial charge in [-0.05, 0) is 32.6 Å². The van der Waals surface area contributed by atoms with Gasteiger partial charge >= 0.3 is 0 Å². The Bertz CT molecular complexity index is 35.4. The molecule has 0 heterocycles. The van der Waals surface area contributed by atoms with Crippen LogP contribution in [0, 0.1) is 0 Å². The van der Waals surface area contributed by atoms with Crippen molar-refractivity contribution < 1.29 is 0 Å². The normalized spacial score (nSPS) is 11.2. The van der Waals surface area contributed by atoms with Crippen molar-refractivity contribution in [3.63, 3.8) is 0 Å². The van der Waals surface area contributed by atoms with E-state index in [4.69, 9.17) is 5.50 Å². The Labute approximate surface area is 53.1 Å². The molecular formula is C5H15N2P. The van der Waals surface area contributed by atoms with Crippen LogP contribution >= 0.6 is 8.73 Å². The molecule has 0 aromatic heterocycles. The topological polar surface area (TPSA) is 38.0 Å². The standard InChI is InChI=1S/C5H15N2P/c1-7-4-2-3-5-8-6/h7-8H,2-6H2,1H3. The van der Waals surface area contributed by atoms with Crippen LogP contribution in [0.3, 0.4) is 0 Å². The number of hydrogen-bond acceptors (Lipinski definition) is 2. The lowest BCUT2D eigenvalue weighted by Gasteiger charge is -1.95. The second kappa shape index (κ2) is 7.35. The van der Waals surface area contributed by atoms with Crippen molar-refractivity contribution in [2.45, 2.75) is 12.8 Å². The maximum absolute atomic E-state index is 5.32. The zero-order valence-corrected chi connectivity index (χ0v) is 6.41. The Kier molecular flexibility index (Phi) is 7.67. The van der Waals surface area contributed by atoms with E-state index in [0.717, 1.165) is 6.54 Å². The van der Waals surface area contributed by atoms with Crippen molar-refractivity contribution in [1.29, 1.82) is 0 Å². The van der Waals surface area contributed by atoms with Crippen molar-refractivity contribution >= 4 is 8.73 Å². The van der Waals surface area contributed by atoms with Crippen molar-refractivity contribution in [2.24, 2.45) is 5.50 Å². The summed E-state index contributed by atoms with van der Waals surface area (Å²) in [6, 6.07) is 0. The highest BCUT2D eigenvalue weighted by Gasteiger charge is 1.82. The Hall–Kier alpha value is 0.350. The highest BCUT2D eigenvalue weighted by molar-refractivity contribution is 7.35. The van der Waals surface area contributed by atoms with Crippen LogP contribution in [-0.2, 0) is 0 Å². The van der Waals surface area contributed by atoms with Gasteiger partial charge in [-0.25, -0.2) is 0 Å². The predicted octanol–water partition coefficient (Wildman–Crippen LogP) is 0.538. The SMILES string of the molecule is CNCCCCPN. The highest BCUT2D eigenvalue weighted by atomic mass is 31.1. The van der Waals surface area contributed by atoms with Crippen molar-refractivity contribution in [3.8, 4) is 0 Å². The first kappa shape index (κ1) is 8.35. The van der Waals surface area contributed by atoms with Gasteiger partial charge in [-0.15, -0.1) is 0 Å². The summed E-state index contributed by atoms with van der Waals surface area (Å²) in [5, 5.41) is 3.09. The molecule has 1 unspecified atom stereocenters. The largest absolute Gasteiger partial charge is 0.320 e. The van der Waals surface area contributed by atoms with E-state index in [1.165, 1.54) is 19.0 Å². The Morgan fingerprint density at radius 1 is 1.50 bits per heavy atom. The minimum atomic E-state index is 0.641. The number of unbranched alkanes of at least 4 members (excludes halogenated alkanes) is 1. The molecule has 0 fully saturated rings. The molecule has 0 saturated heterocycles. The third kappa shape index (κ3) is 6.35. The second-order valence-electron chi connectivity index (χ2n) is 1.76. The van der Waals surface area contributed by atoms with E-state index in [9.17, 15) is 0 Å². The van der Waals surface area contributed by atoms with Gasteiger partial charge in [0.2, 0.25) is 0 Å². The third-order valence-electron chi connectivity index (χ3n) is 0.998. The third-order valence-corrected chi connectivity index (χ3v) is 1.64. The molecule has 1 atom stereocenters. The summed E-state index contributed by atoms with van der Waals surface area (Å²) in [6.07, 6.45) is 3.73. The second-order valence-corrected chi connectivity index (χ2v) is 2.67. The monoisotopic (exact) mass is 134 g/mol. The molecule has 2 nitrogen and oxygen atoms in total. The Morgan fingerprint density at radius 2 is 2.25 bits per heavy atom. The molecule has 8 heavy (non-hydrogen) atoms. The van der Waals surface area contributed by atoms with Gasteiger partial charge in [0.25, 0.3) is 0 Å². The van der Waals surface area contributed by atoms with E-state index >= 15 is 0 Å². The molecule has 0 bridgehead atoms. The van der Waals surface area contributed by atoms with E-state index in [1.807, 2.05) is 7.05 Å². The van der Waals surface area contributed by atoms with Crippen LogP contribution in [0.5, 0.6) is 0 Å². The molecule has 0 aromatic rings. The number of hydrogen-bond donors (Lipinski definition) is 2. The first-order valence-electron chi connectivity index (χ1n) is 3.00. The van der Waals surface area contributed by atoms with Gasteiger partial charge < -0.3 is 10.8 Å². The summed E-state index contributed by atoms with van der Waals surface area (Å²) in [6.45, 7) is 1.13. The summed E-state index contributed by atoms with van der Waals surface area (Å²) in [7, 11) is 2.62. The molecule has 0 aliphatic rings. The molecule has 0 rings (SSSR count). The van der Waals surface area contributed by atoms with E-state index in [0.29, 0.717) is 8.73 Å². The van der Waals surface area contributed by atoms with Crippen molar-refractivity contribution in [3.05, 3.63) is 0 Å². The molecule has 0 radical (unpaired) electrons. The van der Waals surface area contributed by atoms with Crippen LogP contribution in [0.4, 0.5) is 0 Å². The number of rotatable bonds is 5. The van der Waals surface area contributed by atoms with E-state index in [1.54, 1.807) is 0 Å². The van der Waals surface area contributed by atoms with Crippen LogP contribution in [0.2, 0.25) is 0 Å². The highest BCUT2D eigenvalue weighted by Crippen LogP contribution is 1.99. The molecule has 50 valence electrons. The van der Waals surface area contributed by atoms with Gasteiger partial charge in [0, 0.05) is 0 Å². The first-order chi connectivity index (χ1) is 3.91. The summed E-state index contributed by atoms with van der Waals surface area (Å²) in [4.78, 5) is 0. The Morgan fingerprint density at radius 3 is 2.75 bits per heavy atom. The first-order valence-corrected chi connectivity index (χ1v) is 4.28. The average molecular weight is 134 g/mol. The lowest BCUT2D eigenvalue weighted by molar-refractivity contribution is 0.714. The van der Waals surface area contributed by atoms with Crippen molar-refractivity contribution in [1.82, 2.24) is 5.32 Å². The molecule has 0 saturated carbocycles. The van der Waals surface area contributed by atoms with Gasteiger partial charge in [0.1, 0.15) is 0 Å². The maximum Gasteiger partial charge on any atom is -0.00518 e. The van der Waals surface area contributed by atoms with Crippen LogP contribution in [0.25, 0.3) is 0 Å². The van der Waals surface area contributed by atoms with Crippen molar-refractivity contribution in [2.75, 3.05) is 19.8 Å². The summed E-state index contributed by atoms with van der Waals surface area (Å²) in [5.41, 5.74) is 5.32. The van der Waals surface area contributed by atoms with E-state index in [2.05, 4.69) is 5.32 Å². The molecule has 3 N–H and O–H groups in total. The van der Waals surface area contributed by atoms with Gasteiger partial charge in [-0.3, -0.25) is 0 Å². The van der Waals surface area contributed by atoms with E-state index < -0.39 is 0 Å². The number of nitrogens with two attached hydrogens (primary N) is 1. The number of nitrogens with one attached hydrogen (secondary N) is 1. The molecule has 0 spiro atoms. The van der Waals surface area contributed by atoms with Gasteiger partial charge in [0.05, 0.1) is 0 Å². The smallest absolute Gasteiger partial charge is 0.00518 e. The van der Waals surface area contributed by atoms with Crippen LogP contribution < -0.4 is 10.8 Å². The van der Waals surface area contributed by atoms with Gasteiger partial charge in [-0.1, -0.05) is 8.73 Å². The van der Waals surface area contributed by atoms with Crippen LogP contribution in [0.1, 0.15) is 12.8 Å². The minimum Gasteiger partial charge on any atom is -0.320 e. The average Bonchev–Trinajstić information content (AvgIpc) is 1.81. The fourth-order valence-electron chi connectivity index (χ4n) is 0.529. The maximum atomic E-state index is 5.32.